The summed E-state index contributed by atoms with van der Waals surface area (Å²) in [4.78, 5) is 15.8. The minimum Gasteiger partial charge on any atom is -0.456 e. The first-order valence-electron chi connectivity index (χ1n) is 23.1. The molecule has 0 unspecified atom stereocenters. The Hall–Kier alpha value is -8.99. The molecule has 4 nitrogen and oxygen atoms in total. The van der Waals surface area contributed by atoms with Gasteiger partial charge in [0.25, 0.3) is 0 Å². The predicted molar refractivity (Wildman–Crippen MR) is 277 cm³/mol. The standard InChI is InChI=1S/C64H41N3O/c1-5-18-42(19-6-1)44-34-36-45(37-35-44)61-65-62(48-23-15-22-46(40-48)43-20-7-2-8-21-43)67-63(66-61)53-30-17-33-58-60(53)54-41-47(38-39-57(54)68-58)51-29-16-32-56-59(51)52-28-13-14-31-55(52)64(56,49-24-9-3-10-25-49)50-26-11-4-12-27-50/h1-41H. The highest BCUT2D eigenvalue weighted by molar-refractivity contribution is 6.13. The highest BCUT2D eigenvalue weighted by Gasteiger charge is 2.46. The normalized spacial score (nSPS) is 12.5. The Kier molecular flexibility index (Phi) is 9.36. The maximum absolute atomic E-state index is 6.68. The van der Waals surface area contributed by atoms with E-state index in [1.165, 1.54) is 38.9 Å². The lowest BCUT2D eigenvalue weighted by Crippen LogP contribution is -2.28. The van der Waals surface area contributed by atoms with Gasteiger partial charge in [-0.2, -0.15) is 0 Å². The Morgan fingerprint density at radius 3 is 1.50 bits per heavy atom. The van der Waals surface area contributed by atoms with Crippen molar-refractivity contribution in [1.82, 2.24) is 15.0 Å². The third-order valence-corrected chi connectivity index (χ3v) is 13.6. The molecule has 1 aliphatic rings. The molecule has 0 fully saturated rings. The van der Waals surface area contributed by atoms with Gasteiger partial charge < -0.3 is 4.42 Å². The molecular formula is C64H41N3O. The zero-order valence-electron chi connectivity index (χ0n) is 36.9. The van der Waals surface area contributed by atoms with Crippen LogP contribution in [-0.2, 0) is 5.41 Å². The smallest absolute Gasteiger partial charge is 0.164 e. The molecule has 0 saturated carbocycles. The first kappa shape index (κ1) is 39.4. The first-order chi connectivity index (χ1) is 33.7. The molecule has 2 heterocycles. The number of aromatic nitrogens is 3. The van der Waals surface area contributed by atoms with Gasteiger partial charge in [0.1, 0.15) is 11.2 Å². The van der Waals surface area contributed by atoms with Gasteiger partial charge in [-0.05, 0) is 91.0 Å². The number of furan rings is 1. The van der Waals surface area contributed by atoms with Crippen LogP contribution in [0.25, 0.3) is 101 Å². The molecule has 0 radical (unpaired) electrons. The van der Waals surface area contributed by atoms with E-state index in [0.29, 0.717) is 17.5 Å². The molecule has 0 aliphatic heterocycles. The van der Waals surface area contributed by atoms with Gasteiger partial charge in [0.2, 0.25) is 0 Å². The number of hydrogen-bond donors (Lipinski definition) is 0. The fraction of sp³-hybridized carbons (Fsp3) is 0.0156. The van der Waals surface area contributed by atoms with Gasteiger partial charge >= 0.3 is 0 Å². The molecule has 12 aromatic rings. The Labute approximate surface area is 394 Å². The molecular weight excluding hydrogens is 827 g/mol. The number of nitrogens with zero attached hydrogens (tertiary/aromatic N) is 3. The van der Waals surface area contributed by atoms with E-state index in [1.54, 1.807) is 0 Å². The third-order valence-electron chi connectivity index (χ3n) is 13.6. The fourth-order valence-electron chi connectivity index (χ4n) is 10.6. The van der Waals surface area contributed by atoms with Crippen LogP contribution in [0.1, 0.15) is 22.3 Å². The second kappa shape index (κ2) is 16.2. The van der Waals surface area contributed by atoms with Crippen molar-refractivity contribution in [3.05, 3.63) is 271 Å². The van der Waals surface area contributed by atoms with E-state index in [-0.39, 0.29) is 0 Å². The Balaban J connectivity index is 1.000. The minimum atomic E-state index is -0.499. The van der Waals surface area contributed by atoms with Crippen LogP contribution in [-0.4, -0.2) is 15.0 Å². The van der Waals surface area contributed by atoms with Crippen LogP contribution in [0.4, 0.5) is 0 Å². The molecule has 0 spiro atoms. The summed E-state index contributed by atoms with van der Waals surface area (Å²) < 4.78 is 6.68. The zero-order valence-corrected chi connectivity index (χ0v) is 36.9. The summed E-state index contributed by atoms with van der Waals surface area (Å²) in [6.45, 7) is 0. The van der Waals surface area contributed by atoms with E-state index in [4.69, 9.17) is 19.4 Å². The quantitative estimate of drug-likeness (QED) is 0.153. The second-order valence-corrected chi connectivity index (χ2v) is 17.4. The summed E-state index contributed by atoms with van der Waals surface area (Å²) in [7, 11) is 0. The lowest BCUT2D eigenvalue weighted by atomic mass is 9.67. The maximum atomic E-state index is 6.68. The van der Waals surface area contributed by atoms with Gasteiger partial charge in [0.15, 0.2) is 17.5 Å². The minimum absolute atomic E-state index is 0.499. The summed E-state index contributed by atoms with van der Waals surface area (Å²) in [5, 5.41) is 1.96. The van der Waals surface area contributed by atoms with E-state index >= 15 is 0 Å². The highest BCUT2D eigenvalue weighted by Crippen LogP contribution is 2.58. The molecule has 10 aromatic carbocycles. The number of benzene rings is 10. The van der Waals surface area contributed by atoms with Crippen molar-refractivity contribution in [3.63, 3.8) is 0 Å². The maximum Gasteiger partial charge on any atom is 0.164 e. The molecule has 0 amide bonds. The van der Waals surface area contributed by atoms with Gasteiger partial charge in [-0.15, -0.1) is 0 Å². The molecule has 2 aromatic heterocycles. The lowest BCUT2D eigenvalue weighted by molar-refractivity contribution is 0.669. The van der Waals surface area contributed by atoms with Crippen LogP contribution in [0, 0.1) is 0 Å². The van der Waals surface area contributed by atoms with Crippen LogP contribution in [0.5, 0.6) is 0 Å². The summed E-state index contributed by atoms with van der Waals surface area (Å²) in [5.74, 6) is 1.77. The van der Waals surface area contributed by atoms with Gasteiger partial charge in [-0.25, -0.2) is 15.0 Å². The summed E-state index contributed by atoms with van der Waals surface area (Å²) in [6.07, 6.45) is 0. The molecule has 68 heavy (non-hydrogen) atoms. The van der Waals surface area contributed by atoms with Gasteiger partial charge in [0, 0.05) is 27.5 Å². The van der Waals surface area contributed by atoms with Crippen molar-refractivity contribution in [1.29, 1.82) is 0 Å². The van der Waals surface area contributed by atoms with Crippen molar-refractivity contribution in [3.8, 4) is 78.7 Å². The molecule has 318 valence electrons. The molecule has 0 N–H and O–H groups in total. The van der Waals surface area contributed by atoms with Crippen LogP contribution in [0.15, 0.2) is 253 Å². The number of hydrogen-bond acceptors (Lipinski definition) is 4. The molecule has 0 atom stereocenters. The Morgan fingerprint density at radius 2 is 0.779 bits per heavy atom. The highest BCUT2D eigenvalue weighted by atomic mass is 16.3. The van der Waals surface area contributed by atoms with Crippen molar-refractivity contribution in [2.45, 2.75) is 5.41 Å². The lowest BCUT2D eigenvalue weighted by Gasteiger charge is -2.34. The van der Waals surface area contributed by atoms with Crippen LogP contribution >= 0.6 is 0 Å². The zero-order chi connectivity index (χ0) is 45.0. The summed E-state index contributed by atoms with van der Waals surface area (Å²) >= 11 is 0. The summed E-state index contributed by atoms with van der Waals surface area (Å²) in [5.41, 5.74) is 18.0. The second-order valence-electron chi connectivity index (χ2n) is 17.4. The SMILES string of the molecule is c1ccc(-c2ccc(-c3nc(-c4cccc(-c5ccccc5)c4)nc(-c4cccc5oc6ccc(-c7cccc8c7-c7ccccc7C8(c7ccccc7)c7ccccc7)cc6c45)n3)cc2)cc1. The number of rotatable bonds is 8. The van der Waals surface area contributed by atoms with Crippen molar-refractivity contribution in [2.24, 2.45) is 0 Å². The van der Waals surface area contributed by atoms with Gasteiger partial charge in [-0.1, -0.05) is 224 Å². The molecule has 13 rings (SSSR count). The Bertz CT molecular complexity index is 3790. The van der Waals surface area contributed by atoms with E-state index < -0.39 is 5.41 Å². The van der Waals surface area contributed by atoms with Crippen molar-refractivity contribution >= 4 is 21.9 Å². The average Bonchev–Trinajstić information content (AvgIpc) is 3.96. The van der Waals surface area contributed by atoms with Crippen molar-refractivity contribution < 1.29 is 4.42 Å². The van der Waals surface area contributed by atoms with Crippen LogP contribution < -0.4 is 0 Å². The average molecular weight is 868 g/mol. The summed E-state index contributed by atoms with van der Waals surface area (Å²) in [6, 6.07) is 88.2. The van der Waals surface area contributed by atoms with E-state index in [2.05, 4.69) is 224 Å². The molecule has 4 heteroatoms. The monoisotopic (exact) mass is 867 g/mol. The van der Waals surface area contributed by atoms with Crippen LogP contribution in [0.3, 0.4) is 0 Å². The molecule has 0 saturated heterocycles. The van der Waals surface area contributed by atoms with E-state index in [0.717, 1.165) is 66.4 Å². The Morgan fingerprint density at radius 1 is 0.294 bits per heavy atom. The topological polar surface area (TPSA) is 51.8 Å². The predicted octanol–water partition coefficient (Wildman–Crippen LogP) is 16.1. The van der Waals surface area contributed by atoms with Crippen LogP contribution in [0.2, 0.25) is 0 Å². The number of fused-ring (bicyclic) bond motifs is 6. The molecule has 0 bridgehead atoms. The van der Waals surface area contributed by atoms with Crippen molar-refractivity contribution in [2.75, 3.05) is 0 Å². The largest absolute Gasteiger partial charge is 0.456 e. The van der Waals surface area contributed by atoms with Gasteiger partial charge in [0.05, 0.1) is 5.41 Å². The van der Waals surface area contributed by atoms with E-state index in [9.17, 15) is 0 Å². The molecule has 1 aliphatic carbocycles. The van der Waals surface area contributed by atoms with Gasteiger partial charge in [-0.3, -0.25) is 0 Å². The van der Waals surface area contributed by atoms with E-state index in [1.807, 2.05) is 24.3 Å². The first-order valence-corrected chi connectivity index (χ1v) is 23.1. The third kappa shape index (κ3) is 6.41. The fourth-order valence-corrected chi connectivity index (χ4v) is 10.6.